The van der Waals surface area contributed by atoms with Crippen molar-refractivity contribution in [3.8, 4) is 0 Å². The number of ether oxygens (including phenoxy) is 1. The van der Waals surface area contributed by atoms with Crippen LogP contribution in [0, 0.1) is 0 Å². The van der Waals surface area contributed by atoms with Gasteiger partial charge in [0.05, 0.1) is 0 Å². The van der Waals surface area contributed by atoms with Gasteiger partial charge in [0.25, 0.3) is 0 Å². The van der Waals surface area contributed by atoms with Crippen LogP contribution in [0.25, 0.3) is 0 Å². The van der Waals surface area contributed by atoms with E-state index < -0.39 is 17.4 Å². The molecule has 110 valence electrons. The number of hydrazine groups is 1. The lowest BCUT2D eigenvalue weighted by Gasteiger charge is -2.40. The Morgan fingerprint density at radius 1 is 1.30 bits per heavy atom. The zero-order chi connectivity index (χ0) is 15.2. The third-order valence-electron chi connectivity index (χ3n) is 4.31. The summed E-state index contributed by atoms with van der Waals surface area (Å²) in [6.07, 6.45) is -0.252. The number of carbonyl (C=O) groups excluding carboxylic acids is 1. The Morgan fingerprint density at radius 3 is 2.30 bits per heavy atom. The van der Waals surface area contributed by atoms with Crippen molar-refractivity contribution >= 4 is 6.09 Å². The Labute approximate surface area is 119 Å². The Bertz CT molecular complexity index is 513. The summed E-state index contributed by atoms with van der Waals surface area (Å²) in [5.41, 5.74) is -1.77. The number of rotatable bonds is 3. The lowest BCUT2D eigenvalue weighted by Crippen LogP contribution is -2.59. The van der Waals surface area contributed by atoms with Gasteiger partial charge in [0.1, 0.15) is 0 Å². The van der Waals surface area contributed by atoms with Crippen molar-refractivity contribution in [2.75, 3.05) is 0 Å². The monoisotopic (exact) mass is 278 g/mol. The number of hydrogen-bond donors (Lipinski definition) is 2. The summed E-state index contributed by atoms with van der Waals surface area (Å²) in [5.74, 6) is 5.60. The standard InChI is InChI=1S/C15H22N2O3/c1-13(2,11-8-6-5-7-9-11)10-14(3)15(4,19)17(16)12(18)20-14/h5-9,19H,10,16H2,1-4H3/t14-,15+/m1/s1. The van der Waals surface area contributed by atoms with Gasteiger partial charge in [0.2, 0.25) is 0 Å². The summed E-state index contributed by atoms with van der Waals surface area (Å²) >= 11 is 0. The van der Waals surface area contributed by atoms with E-state index >= 15 is 0 Å². The lowest BCUT2D eigenvalue weighted by atomic mass is 9.73. The number of aliphatic hydroxyl groups is 1. The number of nitrogens with two attached hydrogens (primary N) is 1. The minimum atomic E-state index is -1.55. The number of carbonyl (C=O) groups is 1. The maximum atomic E-state index is 11.6. The Morgan fingerprint density at radius 2 is 1.85 bits per heavy atom. The minimum absolute atomic E-state index is 0.272. The first-order chi connectivity index (χ1) is 9.10. The van der Waals surface area contributed by atoms with Gasteiger partial charge < -0.3 is 9.84 Å². The molecule has 1 aromatic carbocycles. The van der Waals surface area contributed by atoms with E-state index in [1.165, 1.54) is 6.92 Å². The first-order valence-corrected chi connectivity index (χ1v) is 6.66. The third kappa shape index (κ3) is 2.17. The smallest absolute Gasteiger partial charge is 0.427 e. The van der Waals surface area contributed by atoms with Gasteiger partial charge in [-0.15, -0.1) is 0 Å². The average Bonchev–Trinajstić information content (AvgIpc) is 2.50. The number of amides is 1. The van der Waals surface area contributed by atoms with Crippen molar-refractivity contribution in [3.05, 3.63) is 35.9 Å². The molecule has 3 N–H and O–H groups in total. The highest BCUT2D eigenvalue weighted by atomic mass is 16.6. The highest BCUT2D eigenvalue weighted by Gasteiger charge is 2.60. The molecule has 1 aromatic rings. The van der Waals surface area contributed by atoms with Crippen LogP contribution in [0.3, 0.4) is 0 Å². The zero-order valence-electron chi connectivity index (χ0n) is 12.4. The van der Waals surface area contributed by atoms with Gasteiger partial charge >= 0.3 is 6.09 Å². The molecule has 0 spiro atoms. The van der Waals surface area contributed by atoms with Gasteiger partial charge in [-0.05, 0) is 24.8 Å². The van der Waals surface area contributed by atoms with E-state index in [-0.39, 0.29) is 5.41 Å². The fraction of sp³-hybridized carbons (Fsp3) is 0.533. The molecule has 5 nitrogen and oxygen atoms in total. The fourth-order valence-electron chi connectivity index (χ4n) is 2.81. The number of benzene rings is 1. The van der Waals surface area contributed by atoms with E-state index in [2.05, 4.69) is 13.8 Å². The molecule has 1 fully saturated rings. The quantitative estimate of drug-likeness (QED) is 0.656. The maximum absolute atomic E-state index is 11.6. The van der Waals surface area contributed by atoms with Crippen LogP contribution < -0.4 is 5.84 Å². The highest BCUT2D eigenvalue weighted by molar-refractivity contribution is 5.71. The predicted molar refractivity (Wildman–Crippen MR) is 75.6 cm³/mol. The van der Waals surface area contributed by atoms with Crippen LogP contribution in [0.2, 0.25) is 0 Å². The van der Waals surface area contributed by atoms with Crippen LogP contribution in [0.1, 0.15) is 39.7 Å². The van der Waals surface area contributed by atoms with Gasteiger partial charge in [-0.25, -0.2) is 15.6 Å². The molecular weight excluding hydrogens is 256 g/mol. The molecule has 0 saturated carbocycles. The van der Waals surface area contributed by atoms with Gasteiger partial charge in [-0.3, -0.25) is 0 Å². The maximum Gasteiger partial charge on any atom is 0.427 e. The third-order valence-corrected chi connectivity index (χ3v) is 4.31. The highest BCUT2D eigenvalue weighted by Crippen LogP contribution is 2.44. The molecule has 1 aliphatic heterocycles. The second-order valence-corrected chi connectivity index (χ2v) is 6.42. The molecule has 5 heteroatoms. The van der Waals surface area contributed by atoms with Crippen LogP contribution in [0.5, 0.6) is 0 Å². The summed E-state index contributed by atoms with van der Waals surface area (Å²) in [5, 5.41) is 11.3. The molecule has 0 bridgehead atoms. The van der Waals surface area contributed by atoms with Crippen molar-refractivity contribution in [3.63, 3.8) is 0 Å². The molecule has 20 heavy (non-hydrogen) atoms. The van der Waals surface area contributed by atoms with Crippen molar-refractivity contribution in [2.24, 2.45) is 5.84 Å². The van der Waals surface area contributed by atoms with Crippen molar-refractivity contribution < 1.29 is 14.6 Å². The molecule has 0 radical (unpaired) electrons. The molecule has 0 unspecified atom stereocenters. The number of cyclic esters (lactones) is 1. The van der Waals surface area contributed by atoms with E-state index in [4.69, 9.17) is 10.6 Å². The normalized spacial score (nSPS) is 30.5. The zero-order valence-corrected chi connectivity index (χ0v) is 12.4. The van der Waals surface area contributed by atoms with Gasteiger partial charge in [-0.2, -0.15) is 0 Å². The summed E-state index contributed by atoms with van der Waals surface area (Å²) in [7, 11) is 0. The fourth-order valence-corrected chi connectivity index (χ4v) is 2.81. The van der Waals surface area contributed by atoms with Crippen LogP contribution in [-0.2, 0) is 10.2 Å². The SMILES string of the molecule is CC(C)(C[C@@]1(C)OC(=O)N(N)[C@@]1(C)O)c1ccccc1. The second-order valence-electron chi connectivity index (χ2n) is 6.42. The van der Waals surface area contributed by atoms with Crippen molar-refractivity contribution in [1.82, 2.24) is 5.01 Å². The van der Waals surface area contributed by atoms with Crippen molar-refractivity contribution in [1.29, 1.82) is 0 Å². The van der Waals surface area contributed by atoms with E-state index in [1.54, 1.807) is 6.92 Å². The molecule has 1 amide bonds. The first-order valence-electron chi connectivity index (χ1n) is 6.66. The Kier molecular flexibility index (Phi) is 3.31. The van der Waals surface area contributed by atoms with Crippen LogP contribution in [0.15, 0.2) is 30.3 Å². The average molecular weight is 278 g/mol. The van der Waals surface area contributed by atoms with Crippen molar-refractivity contribution in [2.45, 2.75) is 50.9 Å². The minimum Gasteiger partial charge on any atom is -0.437 e. The van der Waals surface area contributed by atoms with Crippen LogP contribution >= 0.6 is 0 Å². The molecule has 1 heterocycles. The Hall–Kier alpha value is -1.59. The van der Waals surface area contributed by atoms with Gasteiger partial charge in [-0.1, -0.05) is 44.2 Å². The van der Waals surface area contributed by atoms with E-state index in [0.29, 0.717) is 6.42 Å². The van der Waals surface area contributed by atoms with Crippen LogP contribution in [-0.4, -0.2) is 27.5 Å². The molecule has 1 aliphatic rings. The topological polar surface area (TPSA) is 75.8 Å². The van der Waals surface area contributed by atoms with E-state index in [9.17, 15) is 9.90 Å². The van der Waals surface area contributed by atoms with E-state index in [1.807, 2.05) is 30.3 Å². The summed E-state index contributed by atoms with van der Waals surface area (Å²) in [6, 6.07) is 9.93. The van der Waals surface area contributed by atoms with Gasteiger partial charge in [0, 0.05) is 6.42 Å². The second kappa shape index (κ2) is 4.46. The Balaban J connectivity index is 2.31. The largest absolute Gasteiger partial charge is 0.437 e. The number of nitrogens with zero attached hydrogens (tertiary/aromatic N) is 1. The summed E-state index contributed by atoms with van der Waals surface area (Å²) in [6.45, 7) is 7.31. The van der Waals surface area contributed by atoms with Gasteiger partial charge in [0.15, 0.2) is 11.3 Å². The molecule has 0 aromatic heterocycles. The number of hydrogen-bond acceptors (Lipinski definition) is 4. The molecule has 1 saturated heterocycles. The molecular formula is C15H22N2O3. The summed E-state index contributed by atoms with van der Waals surface area (Å²) in [4.78, 5) is 11.6. The summed E-state index contributed by atoms with van der Waals surface area (Å²) < 4.78 is 5.35. The first kappa shape index (κ1) is 14.8. The lowest BCUT2D eigenvalue weighted by molar-refractivity contribution is -0.146. The van der Waals surface area contributed by atoms with Crippen LogP contribution in [0.4, 0.5) is 4.79 Å². The molecule has 2 rings (SSSR count). The molecule has 0 aliphatic carbocycles. The predicted octanol–water partition coefficient (Wildman–Crippen LogP) is 2.15. The molecule has 2 atom stereocenters. The van der Waals surface area contributed by atoms with E-state index in [0.717, 1.165) is 10.6 Å².